The molecule has 9 heteroatoms. The molecule has 0 fully saturated rings. The van der Waals surface area contributed by atoms with Crippen molar-refractivity contribution in [1.29, 1.82) is 0 Å². The van der Waals surface area contributed by atoms with Gasteiger partial charge in [0.2, 0.25) is 0 Å². The van der Waals surface area contributed by atoms with Crippen molar-refractivity contribution in [2.45, 2.75) is 12.2 Å². The fourth-order valence-electron chi connectivity index (χ4n) is 0.226. The summed E-state index contributed by atoms with van der Waals surface area (Å²) in [4.78, 5) is 15.7. The van der Waals surface area contributed by atoms with E-state index in [4.69, 9.17) is 0 Å². The van der Waals surface area contributed by atoms with Crippen LogP contribution in [0.5, 0.6) is 0 Å². The molecular weight excluding hydrogens is 168 g/mol. The van der Waals surface area contributed by atoms with Gasteiger partial charge >= 0.3 is 12.2 Å². The molecule has 0 radical (unpaired) electrons. The molecule has 2 N–H and O–H groups in total. The van der Waals surface area contributed by atoms with Gasteiger partial charge in [-0.05, 0) is 0 Å². The smallest absolute Gasteiger partial charge is 0.257 e. The van der Waals surface area contributed by atoms with Gasteiger partial charge < -0.3 is 0 Å². The van der Waals surface area contributed by atoms with Crippen molar-refractivity contribution in [3.63, 3.8) is 0 Å². The Morgan fingerprint density at radius 2 is 1.55 bits per heavy atom. The molecule has 0 saturated heterocycles. The zero-order valence-electron chi connectivity index (χ0n) is 4.94. The minimum atomic E-state index is -3.89. The number of hydrogen-bond donors (Lipinski definition) is 1. The normalized spacial score (nSPS) is 11.6. The van der Waals surface area contributed by atoms with Crippen LogP contribution in [0.2, 0.25) is 0 Å². The molecule has 0 spiro atoms. The summed E-state index contributed by atoms with van der Waals surface area (Å²) in [5.74, 6) is -3.89. The Hall–Kier alpha value is -1.38. The number of halogens is 2. The molecular formula is C2H3F2N3O4. The monoisotopic (exact) mass is 171 g/mol. The molecule has 0 amide bonds. The topological polar surface area (TPSA) is 112 Å². The highest BCUT2D eigenvalue weighted by Gasteiger charge is 2.62. The van der Waals surface area contributed by atoms with Gasteiger partial charge in [0, 0.05) is 0 Å². The van der Waals surface area contributed by atoms with Gasteiger partial charge in [-0.3, -0.25) is 20.2 Å². The number of rotatable bonds is 3. The first-order chi connectivity index (χ1) is 4.83. The maximum Gasteiger partial charge on any atom is 0.578 e. The van der Waals surface area contributed by atoms with Crippen molar-refractivity contribution in [2.24, 2.45) is 5.73 Å². The van der Waals surface area contributed by atoms with Crippen LogP contribution in [0, 0.1) is 20.2 Å². The van der Waals surface area contributed by atoms with Crippen LogP contribution in [-0.4, -0.2) is 22.1 Å². The van der Waals surface area contributed by atoms with Gasteiger partial charge in [0.05, 0.1) is 0 Å². The summed E-state index contributed by atoms with van der Waals surface area (Å²) in [6.45, 7) is 0. The van der Waals surface area contributed by atoms with Crippen LogP contribution in [0.25, 0.3) is 0 Å². The third kappa shape index (κ3) is 1.37. The predicted octanol–water partition coefficient (Wildman–Crippen LogP) is -0.583. The van der Waals surface area contributed by atoms with Gasteiger partial charge in [0.25, 0.3) is 0 Å². The number of nitrogens with zero attached hydrogens (tertiary/aromatic N) is 2. The molecule has 0 rings (SSSR count). The van der Waals surface area contributed by atoms with Gasteiger partial charge in [0.15, 0.2) is 0 Å². The second-order valence-corrected chi connectivity index (χ2v) is 1.60. The van der Waals surface area contributed by atoms with Crippen LogP contribution in [0.15, 0.2) is 0 Å². The van der Waals surface area contributed by atoms with Crippen LogP contribution >= 0.6 is 0 Å². The van der Waals surface area contributed by atoms with E-state index in [1.165, 1.54) is 0 Å². The summed E-state index contributed by atoms with van der Waals surface area (Å²) >= 11 is 0. The zero-order valence-corrected chi connectivity index (χ0v) is 4.94. The number of alkyl halides is 2. The minimum absolute atomic E-state index is 1.84. The second-order valence-electron chi connectivity index (χ2n) is 1.60. The summed E-state index contributed by atoms with van der Waals surface area (Å²) in [7, 11) is 0. The van der Waals surface area contributed by atoms with E-state index in [1.807, 2.05) is 0 Å². The van der Waals surface area contributed by atoms with Crippen LogP contribution in [0.1, 0.15) is 0 Å². The van der Waals surface area contributed by atoms with Crippen LogP contribution in [0.4, 0.5) is 8.78 Å². The molecule has 64 valence electrons. The molecule has 7 nitrogen and oxygen atoms in total. The molecule has 0 aliphatic heterocycles. The molecule has 0 saturated carbocycles. The highest BCUT2D eigenvalue weighted by molar-refractivity contribution is 4.59. The maximum absolute atomic E-state index is 11.6. The Morgan fingerprint density at radius 3 is 1.55 bits per heavy atom. The van der Waals surface area contributed by atoms with E-state index in [0.29, 0.717) is 0 Å². The third-order valence-corrected chi connectivity index (χ3v) is 0.906. The maximum atomic E-state index is 11.6. The van der Waals surface area contributed by atoms with Crippen LogP contribution < -0.4 is 5.73 Å². The first-order valence-corrected chi connectivity index (χ1v) is 2.19. The summed E-state index contributed by atoms with van der Waals surface area (Å²) < 4.78 is 23.2. The summed E-state index contributed by atoms with van der Waals surface area (Å²) in [6, 6.07) is 0. The van der Waals surface area contributed by atoms with Gasteiger partial charge in [0.1, 0.15) is 9.85 Å². The number of nitro groups is 2. The van der Waals surface area contributed by atoms with E-state index in [2.05, 4.69) is 5.73 Å². The molecule has 0 aliphatic rings. The van der Waals surface area contributed by atoms with E-state index in [0.717, 1.165) is 0 Å². The fraction of sp³-hybridized carbons (Fsp3) is 1.00. The summed E-state index contributed by atoms with van der Waals surface area (Å²) in [5, 5.41) is 19.3. The molecule has 11 heavy (non-hydrogen) atoms. The standard InChI is InChI=1S/C2H3F2N3O4/c3-1(4)2(5,6(8)9)7(10)11/h1H,5H2. The van der Waals surface area contributed by atoms with Crippen molar-refractivity contribution < 1.29 is 18.6 Å². The molecule has 0 unspecified atom stereocenters. The first-order valence-electron chi connectivity index (χ1n) is 2.19. The van der Waals surface area contributed by atoms with Gasteiger partial charge in [-0.15, -0.1) is 0 Å². The minimum Gasteiger partial charge on any atom is -0.257 e. The lowest BCUT2D eigenvalue weighted by Gasteiger charge is -2.09. The van der Waals surface area contributed by atoms with Gasteiger partial charge in [-0.25, -0.2) is 0 Å². The first kappa shape index (κ1) is 9.62. The summed E-state index contributed by atoms with van der Waals surface area (Å²) in [5.41, 5.74) is 4.18. The Labute approximate surface area is 58.1 Å². The highest BCUT2D eigenvalue weighted by atomic mass is 19.3. The van der Waals surface area contributed by atoms with Gasteiger partial charge in [-0.2, -0.15) is 14.5 Å². The predicted molar refractivity (Wildman–Crippen MR) is 26.9 cm³/mol. The lowest BCUT2D eigenvalue weighted by molar-refractivity contribution is -0.808. The Bertz CT molecular complexity index is 180. The lowest BCUT2D eigenvalue weighted by atomic mass is 10.4. The van der Waals surface area contributed by atoms with E-state index >= 15 is 0 Å². The average molecular weight is 171 g/mol. The molecule has 0 bridgehead atoms. The second kappa shape index (κ2) is 2.70. The van der Waals surface area contributed by atoms with Crippen molar-refractivity contribution in [3.8, 4) is 0 Å². The van der Waals surface area contributed by atoms with E-state index in [-0.39, 0.29) is 0 Å². The molecule has 0 heterocycles. The van der Waals surface area contributed by atoms with E-state index < -0.39 is 22.1 Å². The van der Waals surface area contributed by atoms with Gasteiger partial charge in [-0.1, -0.05) is 0 Å². The summed E-state index contributed by atoms with van der Waals surface area (Å²) in [6.07, 6.45) is -3.84. The Balaban J connectivity index is 4.82. The molecule has 0 aliphatic carbocycles. The average Bonchev–Trinajstić information content (AvgIpc) is 1.84. The quantitative estimate of drug-likeness (QED) is 0.346. The molecule has 0 aromatic carbocycles. The van der Waals surface area contributed by atoms with Crippen molar-refractivity contribution in [1.82, 2.24) is 0 Å². The van der Waals surface area contributed by atoms with E-state index in [9.17, 15) is 29.0 Å². The highest BCUT2D eigenvalue weighted by Crippen LogP contribution is 2.13. The van der Waals surface area contributed by atoms with Crippen molar-refractivity contribution in [2.75, 3.05) is 0 Å². The SMILES string of the molecule is NC(C(F)F)([N+](=O)[O-])[N+](=O)[O-]. The largest absolute Gasteiger partial charge is 0.578 e. The Morgan fingerprint density at radius 1 is 1.27 bits per heavy atom. The van der Waals surface area contributed by atoms with Crippen LogP contribution in [0.3, 0.4) is 0 Å². The van der Waals surface area contributed by atoms with Crippen molar-refractivity contribution in [3.05, 3.63) is 20.2 Å². The lowest BCUT2D eigenvalue weighted by Crippen LogP contribution is -2.60. The van der Waals surface area contributed by atoms with Crippen LogP contribution in [-0.2, 0) is 0 Å². The molecule has 0 aromatic rings. The number of nitrogens with two attached hydrogens (primary N) is 1. The number of hydrogen-bond acceptors (Lipinski definition) is 5. The molecule has 0 aromatic heterocycles. The third-order valence-electron chi connectivity index (χ3n) is 0.906. The van der Waals surface area contributed by atoms with Crippen molar-refractivity contribution >= 4 is 0 Å². The molecule has 0 atom stereocenters. The fourth-order valence-corrected chi connectivity index (χ4v) is 0.226. The Kier molecular flexibility index (Phi) is 2.36. The zero-order chi connectivity index (χ0) is 9.23. The van der Waals surface area contributed by atoms with E-state index in [1.54, 1.807) is 0 Å².